The van der Waals surface area contributed by atoms with Gasteiger partial charge in [-0.3, -0.25) is 13.9 Å². The maximum Gasteiger partial charge on any atom is 0.244 e. The minimum atomic E-state index is -3.78. The van der Waals surface area contributed by atoms with Crippen molar-refractivity contribution < 1.29 is 18.0 Å². The minimum absolute atomic E-state index is 0.0516. The zero-order valence-corrected chi connectivity index (χ0v) is 23.7. The lowest BCUT2D eigenvalue weighted by Crippen LogP contribution is -2.51. The normalized spacial score (nSPS) is 12.2. The molecule has 0 saturated carbocycles. The van der Waals surface area contributed by atoms with Gasteiger partial charge >= 0.3 is 0 Å². The SMILES string of the molecule is CCCCNC(=O)C(C)N(Cc1c(Cl)cccc1Cl)C(=O)CN(c1ccc(I)cc1)S(C)(=O)=O. The number of nitrogens with zero attached hydrogens (tertiary/aromatic N) is 2. The molecule has 0 bridgehead atoms. The molecule has 0 aromatic heterocycles. The lowest BCUT2D eigenvalue weighted by atomic mass is 10.1. The van der Waals surface area contributed by atoms with Gasteiger partial charge in [0.15, 0.2) is 0 Å². The fourth-order valence-electron chi connectivity index (χ4n) is 3.19. The number of nitrogens with one attached hydrogen (secondary N) is 1. The van der Waals surface area contributed by atoms with E-state index in [9.17, 15) is 18.0 Å². The van der Waals surface area contributed by atoms with Crippen LogP contribution < -0.4 is 9.62 Å². The molecule has 0 fully saturated rings. The van der Waals surface area contributed by atoms with Gasteiger partial charge in [-0.25, -0.2) is 8.42 Å². The molecule has 11 heteroatoms. The summed E-state index contributed by atoms with van der Waals surface area (Å²) >= 11 is 14.8. The Labute approximate surface area is 225 Å². The van der Waals surface area contributed by atoms with Crippen molar-refractivity contribution >= 4 is 73.3 Å². The highest BCUT2D eigenvalue weighted by molar-refractivity contribution is 14.1. The number of sulfonamides is 1. The first-order valence-electron chi connectivity index (χ1n) is 10.7. The molecule has 2 amide bonds. The molecule has 1 unspecified atom stereocenters. The van der Waals surface area contributed by atoms with Crippen LogP contribution in [0.25, 0.3) is 0 Å². The Morgan fingerprint density at radius 1 is 1.09 bits per heavy atom. The number of hydrogen-bond acceptors (Lipinski definition) is 4. The zero-order chi connectivity index (χ0) is 25.5. The van der Waals surface area contributed by atoms with Gasteiger partial charge in [0.05, 0.1) is 11.9 Å². The van der Waals surface area contributed by atoms with Crippen molar-refractivity contribution in [3.63, 3.8) is 0 Å². The van der Waals surface area contributed by atoms with Crippen LogP contribution in [-0.4, -0.2) is 50.5 Å². The number of carbonyl (C=O) groups excluding carboxylic acids is 2. The van der Waals surface area contributed by atoms with Crippen molar-refractivity contribution in [3.05, 3.63) is 61.6 Å². The minimum Gasteiger partial charge on any atom is -0.354 e. The Bertz CT molecular complexity index is 1090. The van der Waals surface area contributed by atoms with Crippen LogP contribution in [0.5, 0.6) is 0 Å². The van der Waals surface area contributed by atoms with Crippen LogP contribution >= 0.6 is 45.8 Å². The predicted octanol–water partition coefficient (Wildman–Crippen LogP) is 4.70. The molecule has 1 atom stereocenters. The number of benzene rings is 2. The number of carbonyl (C=O) groups is 2. The molecule has 186 valence electrons. The maximum absolute atomic E-state index is 13.5. The molecular formula is C23H28Cl2IN3O4S. The number of amides is 2. The van der Waals surface area contributed by atoms with Gasteiger partial charge in [-0.05, 0) is 72.3 Å². The van der Waals surface area contributed by atoms with E-state index in [0.29, 0.717) is 27.8 Å². The van der Waals surface area contributed by atoms with Crippen LogP contribution in [-0.2, 0) is 26.2 Å². The molecule has 0 aliphatic carbocycles. The third-order valence-electron chi connectivity index (χ3n) is 5.18. The lowest BCUT2D eigenvalue weighted by Gasteiger charge is -2.32. The number of anilines is 1. The third-order valence-corrected chi connectivity index (χ3v) is 7.75. The van der Waals surface area contributed by atoms with E-state index >= 15 is 0 Å². The zero-order valence-electron chi connectivity index (χ0n) is 19.2. The van der Waals surface area contributed by atoms with Crippen molar-refractivity contribution in [3.8, 4) is 0 Å². The second-order valence-corrected chi connectivity index (χ2v) is 11.8. The maximum atomic E-state index is 13.5. The average molecular weight is 640 g/mol. The summed E-state index contributed by atoms with van der Waals surface area (Å²) in [6.45, 7) is 3.56. The highest BCUT2D eigenvalue weighted by Gasteiger charge is 2.30. The summed E-state index contributed by atoms with van der Waals surface area (Å²) in [7, 11) is -3.78. The van der Waals surface area contributed by atoms with Crippen LogP contribution in [0.2, 0.25) is 10.0 Å². The average Bonchev–Trinajstić information content (AvgIpc) is 2.77. The van der Waals surface area contributed by atoms with E-state index in [1.807, 2.05) is 6.92 Å². The molecule has 2 aromatic rings. The number of rotatable bonds is 11. The Hall–Kier alpha value is -1.56. The first-order chi connectivity index (χ1) is 16.0. The van der Waals surface area contributed by atoms with Crippen molar-refractivity contribution in [2.75, 3.05) is 23.7 Å². The van der Waals surface area contributed by atoms with E-state index in [1.165, 1.54) is 4.90 Å². The standard InChI is InChI=1S/C23H28Cl2IN3O4S/c1-4-5-13-27-23(31)16(2)28(14-19-20(24)7-6-8-21(19)25)22(30)15-29(34(3,32)33)18-11-9-17(26)10-12-18/h6-12,16H,4-5,13-15H2,1-3H3,(H,27,31). The Balaban J connectivity index is 2.39. The molecular weight excluding hydrogens is 612 g/mol. The Morgan fingerprint density at radius 2 is 1.68 bits per heavy atom. The quantitative estimate of drug-likeness (QED) is 0.285. The summed E-state index contributed by atoms with van der Waals surface area (Å²) in [5, 5.41) is 3.52. The van der Waals surface area contributed by atoms with Gasteiger partial charge in [0.1, 0.15) is 12.6 Å². The molecule has 0 saturated heterocycles. The van der Waals surface area contributed by atoms with E-state index in [0.717, 1.165) is 27.0 Å². The van der Waals surface area contributed by atoms with E-state index in [1.54, 1.807) is 49.4 Å². The Kier molecular flexibility index (Phi) is 10.9. The summed E-state index contributed by atoms with van der Waals surface area (Å²) in [6, 6.07) is 10.9. The molecule has 0 aliphatic rings. The summed E-state index contributed by atoms with van der Waals surface area (Å²) in [6.07, 6.45) is 2.75. The highest BCUT2D eigenvalue weighted by atomic mass is 127. The largest absolute Gasteiger partial charge is 0.354 e. The molecule has 1 N–H and O–H groups in total. The van der Waals surface area contributed by atoms with Gasteiger partial charge in [0.2, 0.25) is 21.8 Å². The lowest BCUT2D eigenvalue weighted by molar-refractivity contribution is -0.139. The van der Waals surface area contributed by atoms with Gasteiger partial charge in [-0.15, -0.1) is 0 Å². The fraction of sp³-hybridized carbons (Fsp3) is 0.391. The van der Waals surface area contributed by atoms with Gasteiger partial charge in [0, 0.05) is 32.3 Å². The first-order valence-corrected chi connectivity index (χ1v) is 14.4. The first kappa shape index (κ1) is 28.7. The van der Waals surface area contributed by atoms with Gasteiger partial charge in [-0.1, -0.05) is 42.6 Å². The van der Waals surface area contributed by atoms with Crippen molar-refractivity contribution in [1.82, 2.24) is 10.2 Å². The molecule has 0 heterocycles. The van der Waals surface area contributed by atoms with E-state index in [-0.39, 0.29) is 12.5 Å². The fourth-order valence-corrected chi connectivity index (χ4v) is 4.92. The monoisotopic (exact) mass is 639 g/mol. The van der Waals surface area contributed by atoms with Gasteiger partial charge in [-0.2, -0.15) is 0 Å². The summed E-state index contributed by atoms with van der Waals surface area (Å²) in [5.41, 5.74) is 0.833. The summed E-state index contributed by atoms with van der Waals surface area (Å²) in [4.78, 5) is 27.6. The molecule has 2 aromatic carbocycles. The topological polar surface area (TPSA) is 86.8 Å². The van der Waals surface area contributed by atoms with Gasteiger partial charge < -0.3 is 10.2 Å². The van der Waals surface area contributed by atoms with Gasteiger partial charge in [0.25, 0.3) is 0 Å². The second-order valence-electron chi connectivity index (χ2n) is 7.79. The van der Waals surface area contributed by atoms with E-state index in [2.05, 4.69) is 27.9 Å². The van der Waals surface area contributed by atoms with Crippen LogP contribution in [0.1, 0.15) is 32.3 Å². The molecule has 2 rings (SSSR count). The van der Waals surface area contributed by atoms with E-state index in [4.69, 9.17) is 23.2 Å². The van der Waals surface area contributed by atoms with Crippen LogP contribution in [0.15, 0.2) is 42.5 Å². The van der Waals surface area contributed by atoms with Crippen molar-refractivity contribution in [2.24, 2.45) is 0 Å². The van der Waals surface area contributed by atoms with Crippen LogP contribution in [0.4, 0.5) is 5.69 Å². The van der Waals surface area contributed by atoms with Crippen molar-refractivity contribution in [1.29, 1.82) is 0 Å². The third kappa shape index (κ3) is 8.00. The number of unbranched alkanes of at least 4 members (excludes halogenated alkanes) is 1. The molecule has 0 spiro atoms. The molecule has 0 radical (unpaired) electrons. The molecule has 0 aliphatic heterocycles. The summed E-state index contributed by atoms with van der Waals surface area (Å²) in [5.74, 6) is -0.900. The van der Waals surface area contributed by atoms with Crippen LogP contribution in [0, 0.1) is 3.57 Å². The smallest absolute Gasteiger partial charge is 0.244 e. The molecule has 34 heavy (non-hydrogen) atoms. The van der Waals surface area contributed by atoms with E-state index < -0.39 is 28.5 Å². The summed E-state index contributed by atoms with van der Waals surface area (Å²) < 4.78 is 27.0. The second kappa shape index (κ2) is 12.9. The Morgan fingerprint density at radius 3 is 2.21 bits per heavy atom. The molecule has 7 nitrogen and oxygen atoms in total. The van der Waals surface area contributed by atoms with Crippen LogP contribution in [0.3, 0.4) is 0 Å². The van der Waals surface area contributed by atoms with Crippen molar-refractivity contribution in [2.45, 2.75) is 39.3 Å². The number of hydrogen-bond donors (Lipinski definition) is 1. The predicted molar refractivity (Wildman–Crippen MR) is 146 cm³/mol. The highest BCUT2D eigenvalue weighted by Crippen LogP contribution is 2.27. The number of halogens is 3.